The Balaban J connectivity index is 1.79. The van der Waals surface area contributed by atoms with Crippen molar-refractivity contribution >= 4 is 5.90 Å². The van der Waals surface area contributed by atoms with E-state index in [9.17, 15) is 0 Å². The molecule has 4 nitrogen and oxygen atoms in total. The van der Waals surface area contributed by atoms with Gasteiger partial charge in [0.2, 0.25) is 11.5 Å². The highest BCUT2D eigenvalue weighted by molar-refractivity contribution is 5.78. The van der Waals surface area contributed by atoms with Gasteiger partial charge in [0.25, 0.3) is 0 Å². The van der Waals surface area contributed by atoms with Crippen LogP contribution in [-0.4, -0.2) is 38.2 Å². The van der Waals surface area contributed by atoms with E-state index in [1.165, 1.54) is 19.5 Å². The van der Waals surface area contributed by atoms with Crippen LogP contribution in [0.4, 0.5) is 0 Å². The fourth-order valence-electron chi connectivity index (χ4n) is 2.99. The zero-order valence-corrected chi connectivity index (χ0v) is 7.88. The first-order valence-corrected chi connectivity index (χ1v) is 4.95. The molecule has 0 aromatic rings. The average Bonchev–Trinajstić information content (AvgIpc) is 2.80. The summed E-state index contributed by atoms with van der Waals surface area (Å²) in [6.45, 7) is 3.71. The molecule has 3 atom stereocenters. The van der Waals surface area contributed by atoms with Gasteiger partial charge in [-0.15, -0.1) is 0 Å². The smallest absolute Gasteiger partial charge is 0.229 e. The molecule has 2 fully saturated rings. The number of quaternary nitrogens is 1. The minimum atomic E-state index is 0.0128. The largest absolute Gasteiger partial charge is 0.482 e. The molecule has 3 rings (SSSR count). The zero-order chi connectivity index (χ0) is 8.89. The molecule has 13 heavy (non-hydrogen) atoms. The van der Waals surface area contributed by atoms with Crippen molar-refractivity contribution in [1.82, 2.24) is 0 Å². The second kappa shape index (κ2) is 2.38. The van der Waals surface area contributed by atoms with Gasteiger partial charge < -0.3 is 14.5 Å². The summed E-state index contributed by atoms with van der Waals surface area (Å²) >= 11 is 0. The number of oxime groups is 1. The van der Waals surface area contributed by atoms with Crippen LogP contribution in [0.2, 0.25) is 0 Å². The maximum absolute atomic E-state index is 5.58. The first-order valence-electron chi connectivity index (χ1n) is 4.95. The number of methoxy groups -OCH3 is 1. The average molecular weight is 183 g/mol. The van der Waals surface area contributed by atoms with Crippen molar-refractivity contribution in [2.24, 2.45) is 11.1 Å². The number of ether oxygens (including phenoxy) is 1. The highest BCUT2D eigenvalue weighted by atomic mass is 16.7. The molecular formula is C9H15N2O2+. The van der Waals surface area contributed by atoms with Crippen molar-refractivity contribution in [3.05, 3.63) is 0 Å². The molecule has 0 aromatic heterocycles. The van der Waals surface area contributed by atoms with Gasteiger partial charge in [-0.1, -0.05) is 5.16 Å². The van der Waals surface area contributed by atoms with Crippen LogP contribution in [0.5, 0.6) is 0 Å². The van der Waals surface area contributed by atoms with Crippen molar-refractivity contribution < 1.29 is 14.5 Å². The predicted molar refractivity (Wildman–Crippen MR) is 46.5 cm³/mol. The highest BCUT2D eigenvalue weighted by Crippen LogP contribution is 2.37. The lowest BCUT2D eigenvalue weighted by Crippen LogP contribution is -3.09. The van der Waals surface area contributed by atoms with E-state index >= 15 is 0 Å². The van der Waals surface area contributed by atoms with Crippen LogP contribution >= 0.6 is 0 Å². The lowest BCUT2D eigenvalue weighted by Gasteiger charge is -2.26. The molecule has 3 unspecified atom stereocenters. The second-order valence-electron chi connectivity index (χ2n) is 4.39. The van der Waals surface area contributed by atoms with Crippen molar-refractivity contribution in [1.29, 1.82) is 0 Å². The molecule has 0 radical (unpaired) electrons. The Bertz CT molecular complexity index is 266. The van der Waals surface area contributed by atoms with Crippen molar-refractivity contribution in [3.63, 3.8) is 0 Å². The Labute approximate surface area is 77.5 Å². The molecule has 2 bridgehead atoms. The van der Waals surface area contributed by atoms with Gasteiger partial charge in [-0.3, -0.25) is 0 Å². The third-order valence-corrected chi connectivity index (χ3v) is 3.69. The molecule has 3 heterocycles. The molecule has 1 spiro atoms. The van der Waals surface area contributed by atoms with Crippen LogP contribution in [0.25, 0.3) is 0 Å². The Kier molecular flexibility index (Phi) is 1.39. The highest BCUT2D eigenvalue weighted by Gasteiger charge is 2.59. The Hall–Kier alpha value is -0.770. The lowest BCUT2D eigenvalue weighted by molar-refractivity contribution is -0.882. The lowest BCUT2D eigenvalue weighted by atomic mass is 9.85. The molecule has 0 saturated carbocycles. The molecule has 72 valence electrons. The normalized spacial score (nSPS) is 46.7. The van der Waals surface area contributed by atoms with Crippen LogP contribution in [0, 0.1) is 5.92 Å². The third-order valence-electron chi connectivity index (χ3n) is 3.69. The molecule has 3 aliphatic heterocycles. The van der Waals surface area contributed by atoms with Gasteiger partial charge in [0, 0.05) is 6.42 Å². The van der Waals surface area contributed by atoms with Crippen LogP contribution in [0.15, 0.2) is 5.16 Å². The molecule has 0 aromatic carbocycles. The summed E-state index contributed by atoms with van der Waals surface area (Å²) in [6.07, 6.45) is 2.18. The summed E-state index contributed by atoms with van der Waals surface area (Å²) in [7, 11) is 1.67. The van der Waals surface area contributed by atoms with Crippen LogP contribution < -0.4 is 4.90 Å². The van der Waals surface area contributed by atoms with Gasteiger partial charge in [-0.2, -0.15) is 0 Å². The monoisotopic (exact) mass is 183 g/mol. The van der Waals surface area contributed by atoms with Crippen molar-refractivity contribution in [2.45, 2.75) is 18.4 Å². The van der Waals surface area contributed by atoms with Crippen LogP contribution in [0.1, 0.15) is 12.8 Å². The molecule has 1 N–H and O–H groups in total. The number of hydrogen-bond acceptors (Lipinski definition) is 3. The van der Waals surface area contributed by atoms with Crippen molar-refractivity contribution in [3.8, 4) is 0 Å². The first kappa shape index (κ1) is 7.62. The second-order valence-corrected chi connectivity index (χ2v) is 4.39. The maximum Gasteiger partial charge on any atom is 0.229 e. The minimum absolute atomic E-state index is 0.0128. The van der Waals surface area contributed by atoms with E-state index in [-0.39, 0.29) is 5.60 Å². The number of rotatable bonds is 0. The zero-order valence-electron chi connectivity index (χ0n) is 7.88. The summed E-state index contributed by atoms with van der Waals surface area (Å²) < 4.78 is 5.12. The molecular weight excluding hydrogens is 168 g/mol. The number of fused-ring (bicyclic) bond motifs is 3. The van der Waals surface area contributed by atoms with Gasteiger partial charge in [0.1, 0.15) is 6.54 Å². The Morgan fingerprint density at radius 1 is 1.69 bits per heavy atom. The van der Waals surface area contributed by atoms with Crippen LogP contribution in [-0.2, 0) is 9.57 Å². The molecule has 0 aliphatic carbocycles. The topological polar surface area (TPSA) is 35.3 Å². The standard InChI is InChI=1S/C9H14N2O2/c1-12-8-4-9(13-10-8)6-11-3-2-7(9)5-11/h7H,2-6H2,1H3/p+1. The fourth-order valence-corrected chi connectivity index (χ4v) is 2.99. The maximum atomic E-state index is 5.58. The number of piperidine rings is 1. The van der Waals surface area contributed by atoms with Gasteiger partial charge in [-0.25, -0.2) is 0 Å². The summed E-state index contributed by atoms with van der Waals surface area (Å²) in [6, 6.07) is 0. The van der Waals surface area contributed by atoms with Crippen LogP contribution in [0.3, 0.4) is 0 Å². The molecule has 0 amide bonds. The van der Waals surface area contributed by atoms with E-state index in [4.69, 9.17) is 9.57 Å². The van der Waals surface area contributed by atoms with E-state index in [1.807, 2.05) is 0 Å². The van der Waals surface area contributed by atoms with Gasteiger partial charge in [0.15, 0.2) is 0 Å². The van der Waals surface area contributed by atoms with E-state index in [1.54, 1.807) is 12.0 Å². The molecule has 4 heteroatoms. The SMILES string of the molecule is COC1=NOC2(C1)C[NH+]1CCC2C1. The summed E-state index contributed by atoms with van der Waals surface area (Å²) in [5.41, 5.74) is 0.0128. The van der Waals surface area contributed by atoms with Gasteiger partial charge in [-0.05, 0) is 0 Å². The number of hydrogen-bond donors (Lipinski definition) is 1. The summed E-state index contributed by atoms with van der Waals surface area (Å²) in [5.74, 6) is 1.48. The first-order chi connectivity index (χ1) is 6.32. The molecule has 2 saturated heterocycles. The quantitative estimate of drug-likeness (QED) is 0.524. The van der Waals surface area contributed by atoms with Gasteiger partial charge in [0.05, 0.1) is 32.5 Å². The van der Waals surface area contributed by atoms with E-state index in [2.05, 4.69) is 5.16 Å². The van der Waals surface area contributed by atoms with E-state index in [0.29, 0.717) is 5.92 Å². The molecule has 3 aliphatic rings. The van der Waals surface area contributed by atoms with E-state index in [0.717, 1.165) is 18.9 Å². The predicted octanol–water partition coefficient (Wildman–Crippen LogP) is -0.976. The summed E-state index contributed by atoms with van der Waals surface area (Å²) in [4.78, 5) is 7.26. The van der Waals surface area contributed by atoms with Crippen molar-refractivity contribution in [2.75, 3.05) is 26.7 Å². The summed E-state index contributed by atoms with van der Waals surface area (Å²) in [5, 5.41) is 3.99. The number of nitrogens with zero attached hydrogens (tertiary/aromatic N) is 1. The Morgan fingerprint density at radius 2 is 2.62 bits per heavy atom. The van der Waals surface area contributed by atoms with E-state index < -0.39 is 0 Å². The Morgan fingerprint density at radius 3 is 3.15 bits per heavy atom. The minimum Gasteiger partial charge on any atom is -0.482 e. The third kappa shape index (κ3) is 0.921. The van der Waals surface area contributed by atoms with Gasteiger partial charge >= 0.3 is 0 Å². The fraction of sp³-hybridized carbons (Fsp3) is 0.889. The number of nitrogens with one attached hydrogen (secondary N) is 1.